The molecule has 1 aliphatic heterocycles. The van der Waals surface area contributed by atoms with Crippen LogP contribution in [0.1, 0.15) is 0 Å². The summed E-state index contributed by atoms with van der Waals surface area (Å²) in [6.07, 6.45) is 0. The smallest absolute Gasteiger partial charge is 0.238 e. The van der Waals surface area contributed by atoms with Crippen LogP contribution in [0.4, 0.5) is 5.69 Å². The second kappa shape index (κ2) is 8.34. The lowest BCUT2D eigenvalue weighted by Gasteiger charge is -2.28. The van der Waals surface area contributed by atoms with Crippen molar-refractivity contribution in [2.45, 2.75) is 0 Å². The van der Waals surface area contributed by atoms with Gasteiger partial charge in [-0.25, -0.2) is 0 Å². The molecule has 2 rings (SSSR count). The second-order valence-electron chi connectivity index (χ2n) is 5.36. The molecule has 116 valence electrons. The second-order valence-corrected chi connectivity index (χ2v) is 5.76. The van der Waals surface area contributed by atoms with Gasteiger partial charge in [-0.2, -0.15) is 0 Å². The van der Waals surface area contributed by atoms with Gasteiger partial charge in [0.2, 0.25) is 5.91 Å². The van der Waals surface area contributed by atoms with E-state index in [-0.39, 0.29) is 5.91 Å². The molecule has 0 saturated carbocycles. The highest BCUT2D eigenvalue weighted by atomic mass is 35.5. The van der Waals surface area contributed by atoms with Crippen molar-refractivity contribution >= 4 is 23.2 Å². The van der Waals surface area contributed by atoms with Crippen LogP contribution in [0, 0.1) is 0 Å². The van der Waals surface area contributed by atoms with Gasteiger partial charge < -0.3 is 10.6 Å². The van der Waals surface area contributed by atoms with Gasteiger partial charge in [0.15, 0.2) is 0 Å². The van der Waals surface area contributed by atoms with Gasteiger partial charge in [-0.15, -0.1) is 0 Å². The van der Waals surface area contributed by atoms with Crippen LogP contribution >= 0.6 is 11.6 Å². The van der Waals surface area contributed by atoms with Gasteiger partial charge in [0.05, 0.1) is 17.3 Å². The zero-order valence-corrected chi connectivity index (χ0v) is 13.2. The number of para-hydroxylation sites is 1. The van der Waals surface area contributed by atoms with Gasteiger partial charge in [0, 0.05) is 39.3 Å². The van der Waals surface area contributed by atoms with E-state index in [0.717, 1.165) is 39.3 Å². The number of halogens is 1. The van der Waals surface area contributed by atoms with Crippen molar-refractivity contribution in [2.75, 3.05) is 58.2 Å². The number of carbonyl (C=O) groups is 1. The van der Waals surface area contributed by atoms with Crippen molar-refractivity contribution in [1.29, 1.82) is 0 Å². The number of rotatable bonds is 6. The summed E-state index contributed by atoms with van der Waals surface area (Å²) in [7, 11) is 1.97. The molecule has 6 heteroatoms. The van der Waals surface area contributed by atoms with Crippen LogP contribution in [0.15, 0.2) is 24.3 Å². The third kappa shape index (κ3) is 5.63. The topological polar surface area (TPSA) is 47.6 Å². The molecule has 0 aliphatic carbocycles. The van der Waals surface area contributed by atoms with Gasteiger partial charge in [-0.1, -0.05) is 23.7 Å². The number of benzene rings is 1. The molecule has 0 atom stereocenters. The average molecular weight is 311 g/mol. The van der Waals surface area contributed by atoms with Gasteiger partial charge in [-0.05, 0) is 19.2 Å². The van der Waals surface area contributed by atoms with Crippen LogP contribution in [0.3, 0.4) is 0 Å². The number of hydrogen-bond acceptors (Lipinski definition) is 4. The van der Waals surface area contributed by atoms with Crippen molar-refractivity contribution in [3.8, 4) is 0 Å². The number of piperazine rings is 1. The van der Waals surface area contributed by atoms with Crippen molar-refractivity contribution in [1.82, 2.24) is 15.1 Å². The molecule has 0 bridgehead atoms. The van der Waals surface area contributed by atoms with E-state index in [1.54, 1.807) is 12.1 Å². The first-order valence-electron chi connectivity index (χ1n) is 7.31. The Hall–Kier alpha value is -1.14. The Morgan fingerprint density at radius 1 is 1.38 bits per heavy atom. The lowest BCUT2D eigenvalue weighted by Crippen LogP contribution is -2.46. The Labute approximate surface area is 131 Å². The predicted octanol–water partition coefficient (Wildman–Crippen LogP) is 1.12. The maximum atomic E-state index is 12.0. The molecular formula is C15H23ClN4O. The minimum Gasteiger partial charge on any atom is -0.324 e. The summed E-state index contributed by atoms with van der Waals surface area (Å²) in [4.78, 5) is 16.4. The van der Waals surface area contributed by atoms with E-state index in [1.807, 2.05) is 24.1 Å². The molecule has 0 unspecified atom stereocenters. The molecule has 0 radical (unpaired) electrons. The lowest BCUT2D eigenvalue weighted by atomic mass is 10.3. The molecule has 2 N–H and O–H groups in total. The van der Waals surface area contributed by atoms with Crippen molar-refractivity contribution < 1.29 is 4.79 Å². The Bertz CT molecular complexity index is 463. The zero-order chi connectivity index (χ0) is 15.1. The van der Waals surface area contributed by atoms with Crippen LogP contribution in [0.5, 0.6) is 0 Å². The zero-order valence-electron chi connectivity index (χ0n) is 12.4. The van der Waals surface area contributed by atoms with Crippen LogP contribution in [-0.4, -0.2) is 68.6 Å². The van der Waals surface area contributed by atoms with Crippen molar-refractivity contribution in [2.24, 2.45) is 0 Å². The van der Waals surface area contributed by atoms with Gasteiger partial charge in [-0.3, -0.25) is 14.6 Å². The summed E-state index contributed by atoms with van der Waals surface area (Å²) < 4.78 is 0. The van der Waals surface area contributed by atoms with E-state index in [1.165, 1.54) is 0 Å². The van der Waals surface area contributed by atoms with Crippen molar-refractivity contribution in [3.05, 3.63) is 29.3 Å². The van der Waals surface area contributed by atoms with Crippen molar-refractivity contribution in [3.63, 3.8) is 0 Å². The van der Waals surface area contributed by atoms with E-state index < -0.39 is 0 Å². The predicted molar refractivity (Wildman–Crippen MR) is 86.9 cm³/mol. The Morgan fingerprint density at radius 3 is 2.81 bits per heavy atom. The normalized spacial score (nSPS) is 16.1. The van der Waals surface area contributed by atoms with E-state index in [0.29, 0.717) is 17.3 Å². The fraction of sp³-hybridized carbons (Fsp3) is 0.533. The van der Waals surface area contributed by atoms with Crippen LogP contribution in [-0.2, 0) is 4.79 Å². The molecule has 1 fully saturated rings. The molecule has 1 aromatic rings. The molecular weight excluding hydrogens is 288 g/mol. The first-order chi connectivity index (χ1) is 10.1. The molecule has 5 nitrogen and oxygen atoms in total. The highest BCUT2D eigenvalue weighted by Gasteiger charge is 2.12. The Kier molecular flexibility index (Phi) is 6.45. The summed E-state index contributed by atoms with van der Waals surface area (Å²) in [5, 5.41) is 6.74. The highest BCUT2D eigenvalue weighted by molar-refractivity contribution is 6.33. The van der Waals surface area contributed by atoms with E-state index in [2.05, 4.69) is 15.5 Å². The highest BCUT2D eigenvalue weighted by Crippen LogP contribution is 2.20. The number of hydrogen-bond donors (Lipinski definition) is 2. The minimum absolute atomic E-state index is 0.0362. The SMILES string of the molecule is CN(CCN1CCNCC1)CC(=O)Nc1ccccc1Cl. The molecule has 0 spiro atoms. The summed E-state index contributed by atoms with van der Waals surface area (Å²) in [5.41, 5.74) is 0.666. The summed E-state index contributed by atoms with van der Waals surface area (Å²) >= 11 is 6.03. The fourth-order valence-corrected chi connectivity index (χ4v) is 2.51. The van der Waals surface area contributed by atoms with Crippen LogP contribution in [0.25, 0.3) is 0 Å². The van der Waals surface area contributed by atoms with Gasteiger partial charge >= 0.3 is 0 Å². The standard InChI is InChI=1S/C15H23ClN4O/c1-19(10-11-20-8-6-17-7-9-20)12-15(21)18-14-5-3-2-4-13(14)16/h2-5,17H,6-12H2,1H3,(H,18,21). The molecule has 1 saturated heterocycles. The summed E-state index contributed by atoms with van der Waals surface area (Å²) in [6, 6.07) is 7.28. The van der Waals surface area contributed by atoms with Gasteiger partial charge in [0.25, 0.3) is 0 Å². The van der Waals surface area contributed by atoms with Gasteiger partial charge in [0.1, 0.15) is 0 Å². The maximum absolute atomic E-state index is 12.0. The number of anilines is 1. The minimum atomic E-state index is -0.0362. The molecule has 1 aliphatic rings. The third-order valence-electron chi connectivity index (χ3n) is 3.57. The monoisotopic (exact) mass is 310 g/mol. The van der Waals surface area contributed by atoms with E-state index in [4.69, 9.17) is 11.6 Å². The lowest BCUT2D eigenvalue weighted by molar-refractivity contribution is -0.117. The van der Waals surface area contributed by atoms with E-state index >= 15 is 0 Å². The fourth-order valence-electron chi connectivity index (χ4n) is 2.32. The number of likely N-dealkylation sites (N-methyl/N-ethyl adjacent to an activating group) is 1. The third-order valence-corrected chi connectivity index (χ3v) is 3.90. The Balaban J connectivity index is 1.70. The quantitative estimate of drug-likeness (QED) is 0.826. The summed E-state index contributed by atoms with van der Waals surface area (Å²) in [5.74, 6) is -0.0362. The maximum Gasteiger partial charge on any atom is 0.238 e. The number of nitrogens with one attached hydrogen (secondary N) is 2. The number of nitrogens with zero attached hydrogens (tertiary/aromatic N) is 2. The van der Waals surface area contributed by atoms with E-state index in [9.17, 15) is 4.79 Å². The molecule has 0 aromatic heterocycles. The molecule has 21 heavy (non-hydrogen) atoms. The summed E-state index contributed by atoms with van der Waals surface area (Å²) in [6.45, 7) is 6.53. The largest absolute Gasteiger partial charge is 0.324 e. The Morgan fingerprint density at radius 2 is 2.10 bits per heavy atom. The average Bonchev–Trinajstić information content (AvgIpc) is 2.48. The van der Waals surface area contributed by atoms with Crippen LogP contribution < -0.4 is 10.6 Å². The number of carbonyl (C=O) groups excluding carboxylic acids is 1. The first kappa shape index (κ1) is 16.2. The molecule has 1 aromatic carbocycles. The first-order valence-corrected chi connectivity index (χ1v) is 7.69. The molecule has 1 heterocycles. The molecule has 1 amide bonds. The van der Waals surface area contributed by atoms with Crippen LogP contribution in [0.2, 0.25) is 5.02 Å². The number of amides is 1.